The molecule has 0 aliphatic carbocycles. The van der Waals surface area contributed by atoms with Crippen molar-refractivity contribution in [3.8, 4) is 0 Å². The Hall–Kier alpha value is -0.400. The van der Waals surface area contributed by atoms with Gasteiger partial charge in [0, 0.05) is 6.42 Å². The van der Waals surface area contributed by atoms with E-state index in [0.29, 0.717) is 0 Å². The van der Waals surface area contributed by atoms with Crippen molar-refractivity contribution in [1.29, 1.82) is 0 Å². The molecule has 29 valence electrons. The molecule has 0 aliphatic heterocycles. The molecule has 0 saturated carbocycles. The van der Waals surface area contributed by atoms with Crippen molar-refractivity contribution in [2.24, 2.45) is 0 Å². The molecular formula is C3H4FO. The number of carbonyl (C=O) groups excluding carboxylic acids is 1. The van der Waals surface area contributed by atoms with Gasteiger partial charge in [-0.3, -0.25) is 9.18 Å². The highest BCUT2D eigenvalue weighted by atomic mass is 19.1. The summed E-state index contributed by atoms with van der Waals surface area (Å²) in [5, 5.41) is 0. The minimum atomic E-state index is -0.580. The molecule has 0 aromatic heterocycles. The van der Waals surface area contributed by atoms with Gasteiger partial charge in [-0.25, -0.2) is 0 Å². The van der Waals surface area contributed by atoms with Crippen molar-refractivity contribution in [3.05, 3.63) is 0 Å². The van der Waals surface area contributed by atoms with Crippen LogP contribution in [0.5, 0.6) is 0 Å². The predicted molar refractivity (Wildman–Crippen MR) is 16.3 cm³/mol. The lowest BCUT2D eigenvalue weighted by Gasteiger charge is -1.63. The zero-order valence-electron chi connectivity index (χ0n) is 2.70. The SMILES string of the molecule is O=[C]CCF. The minimum absolute atomic E-state index is 0.0833. The van der Waals surface area contributed by atoms with Gasteiger partial charge in [0.25, 0.3) is 0 Å². The topological polar surface area (TPSA) is 17.1 Å². The fourth-order valence-corrected chi connectivity index (χ4v) is 0.0386. The van der Waals surface area contributed by atoms with Crippen LogP contribution in [0.4, 0.5) is 4.39 Å². The van der Waals surface area contributed by atoms with E-state index in [0.717, 1.165) is 0 Å². The van der Waals surface area contributed by atoms with Gasteiger partial charge in [-0.1, -0.05) is 0 Å². The monoisotopic (exact) mass is 75.0 g/mol. The fraction of sp³-hybridized carbons (Fsp3) is 0.667. The van der Waals surface area contributed by atoms with Crippen molar-refractivity contribution in [2.75, 3.05) is 6.67 Å². The Morgan fingerprint density at radius 1 is 1.80 bits per heavy atom. The largest absolute Gasteiger partial charge is 0.291 e. The maximum absolute atomic E-state index is 10.7. The van der Waals surface area contributed by atoms with Gasteiger partial charge in [0.05, 0.1) is 6.67 Å². The van der Waals surface area contributed by atoms with Crippen LogP contribution in [-0.4, -0.2) is 13.0 Å². The molecule has 0 spiro atoms. The van der Waals surface area contributed by atoms with E-state index in [2.05, 4.69) is 0 Å². The second-order valence-corrected chi connectivity index (χ2v) is 0.583. The number of alkyl halides is 1. The molecule has 0 aromatic rings. The van der Waals surface area contributed by atoms with Gasteiger partial charge in [0.15, 0.2) is 0 Å². The number of hydrogen-bond donors (Lipinski definition) is 0. The number of rotatable bonds is 2. The average molecular weight is 75.1 g/mol. The molecule has 0 atom stereocenters. The first kappa shape index (κ1) is 4.60. The summed E-state index contributed by atoms with van der Waals surface area (Å²) in [6.07, 6.45) is 1.31. The van der Waals surface area contributed by atoms with Gasteiger partial charge in [-0.05, 0) is 0 Å². The molecule has 0 heterocycles. The Kier molecular flexibility index (Phi) is 3.31. The van der Waals surface area contributed by atoms with Gasteiger partial charge in [0.1, 0.15) is 0 Å². The molecule has 0 aliphatic rings. The smallest absolute Gasteiger partial charge is 0.201 e. The van der Waals surface area contributed by atoms with Gasteiger partial charge in [-0.2, -0.15) is 0 Å². The summed E-state index contributed by atoms with van der Waals surface area (Å²) in [7, 11) is 0. The van der Waals surface area contributed by atoms with Crippen LogP contribution in [-0.2, 0) is 4.79 Å². The lowest BCUT2D eigenvalue weighted by molar-refractivity contribution is 0.487. The maximum atomic E-state index is 10.7. The standard InChI is InChI=1S/C3H4FO/c4-2-1-3-5/h1-2H2. The van der Waals surface area contributed by atoms with Crippen molar-refractivity contribution in [3.63, 3.8) is 0 Å². The van der Waals surface area contributed by atoms with Gasteiger partial charge >= 0.3 is 0 Å². The first-order valence-electron chi connectivity index (χ1n) is 1.32. The van der Waals surface area contributed by atoms with Gasteiger partial charge in [-0.15, -0.1) is 0 Å². The predicted octanol–water partition coefficient (Wildman–Crippen LogP) is 0.456. The molecule has 5 heavy (non-hydrogen) atoms. The minimum Gasteiger partial charge on any atom is -0.291 e. The quantitative estimate of drug-likeness (QED) is 0.466. The van der Waals surface area contributed by atoms with E-state index in [4.69, 9.17) is 4.79 Å². The zero-order valence-corrected chi connectivity index (χ0v) is 2.70. The molecule has 1 radical (unpaired) electrons. The second-order valence-electron chi connectivity index (χ2n) is 0.583. The first-order valence-corrected chi connectivity index (χ1v) is 1.32. The van der Waals surface area contributed by atoms with Crippen LogP contribution < -0.4 is 0 Å². The molecule has 2 heteroatoms. The summed E-state index contributed by atoms with van der Waals surface area (Å²) < 4.78 is 10.7. The third-order valence-corrected chi connectivity index (χ3v) is 0.197. The van der Waals surface area contributed by atoms with Crippen molar-refractivity contribution in [2.45, 2.75) is 6.42 Å². The third kappa shape index (κ3) is 3.60. The van der Waals surface area contributed by atoms with Gasteiger partial charge in [0.2, 0.25) is 6.29 Å². The molecule has 0 amide bonds. The fourth-order valence-electron chi connectivity index (χ4n) is 0.0386. The molecular weight excluding hydrogens is 71.0 g/mol. The Balaban J connectivity index is 2.40. The van der Waals surface area contributed by atoms with E-state index < -0.39 is 6.67 Å². The summed E-state index contributed by atoms with van der Waals surface area (Å²) in [6, 6.07) is 0. The van der Waals surface area contributed by atoms with E-state index in [1.807, 2.05) is 0 Å². The lowest BCUT2D eigenvalue weighted by atomic mass is 10.5. The molecule has 0 bridgehead atoms. The molecule has 0 N–H and O–H groups in total. The van der Waals surface area contributed by atoms with Crippen LogP contribution >= 0.6 is 0 Å². The van der Waals surface area contributed by atoms with Crippen molar-refractivity contribution in [1.82, 2.24) is 0 Å². The average Bonchev–Trinajstić information content (AvgIpc) is 1.41. The summed E-state index contributed by atoms with van der Waals surface area (Å²) in [5.74, 6) is 0. The summed E-state index contributed by atoms with van der Waals surface area (Å²) in [4.78, 5) is 9.04. The highest BCUT2D eigenvalue weighted by Gasteiger charge is 1.72. The van der Waals surface area contributed by atoms with E-state index in [9.17, 15) is 4.39 Å². The second kappa shape index (κ2) is 3.60. The molecule has 0 saturated heterocycles. The molecule has 0 fully saturated rings. The van der Waals surface area contributed by atoms with E-state index in [1.165, 1.54) is 6.29 Å². The van der Waals surface area contributed by atoms with E-state index >= 15 is 0 Å². The van der Waals surface area contributed by atoms with Crippen LogP contribution in [0.25, 0.3) is 0 Å². The Morgan fingerprint density at radius 3 is 2.40 bits per heavy atom. The third-order valence-electron chi connectivity index (χ3n) is 0.197. The number of hydrogen-bond acceptors (Lipinski definition) is 1. The Morgan fingerprint density at radius 2 is 2.40 bits per heavy atom. The molecule has 0 aromatic carbocycles. The first-order chi connectivity index (χ1) is 2.41. The van der Waals surface area contributed by atoms with E-state index in [-0.39, 0.29) is 6.42 Å². The van der Waals surface area contributed by atoms with Gasteiger partial charge < -0.3 is 0 Å². The van der Waals surface area contributed by atoms with Crippen LogP contribution in [0, 0.1) is 0 Å². The van der Waals surface area contributed by atoms with Crippen LogP contribution in [0.15, 0.2) is 0 Å². The molecule has 0 rings (SSSR count). The summed E-state index contributed by atoms with van der Waals surface area (Å²) >= 11 is 0. The summed E-state index contributed by atoms with van der Waals surface area (Å²) in [6.45, 7) is -0.580. The lowest BCUT2D eigenvalue weighted by Crippen LogP contribution is -1.71. The molecule has 1 nitrogen and oxygen atoms in total. The normalized spacial score (nSPS) is 7.40. The van der Waals surface area contributed by atoms with Crippen LogP contribution in [0.2, 0.25) is 0 Å². The van der Waals surface area contributed by atoms with Crippen LogP contribution in [0.1, 0.15) is 6.42 Å². The Bertz CT molecular complexity index is 28.1. The molecule has 0 unspecified atom stereocenters. The zero-order chi connectivity index (χ0) is 4.12. The highest BCUT2D eigenvalue weighted by molar-refractivity contribution is 5.50. The van der Waals surface area contributed by atoms with Crippen molar-refractivity contribution >= 4 is 6.29 Å². The van der Waals surface area contributed by atoms with E-state index in [1.54, 1.807) is 0 Å². The Labute approximate surface area is 29.8 Å². The maximum Gasteiger partial charge on any atom is 0.201 e. The summed E-state index contributed by atoms with van der Waals surface area (Å²) in [5.41, 5.74) is 0. The highest BCUT2D eigenvalue weighted by Crippen LogP contribution is 1.67. The number of halogens is 1. The van der Waals surface area contributed by atoms with Crippen molar-refractivity contribution < 1.29 is 9.18 Å². The van der Waals surface area contributed by atoms with Crippen LogP contribution in [0.3, 0.4) is 0 Å².